The number of nitrogen functional groups attached to an aromatic ring is 1. The maximum Gasteiger partial charge on any atom is 0.255 e. The minimum atomic E-state index is -0.290. The molecule has 0 aliphatic heterocycles. The van der Waals surface area contributed by atoms with E-state index in [4.69, 9.17) is 17.3 Å². The molecule has 1 heterocycles. The summed E-state index contributed by atoms with van der Waals surface area (Å²) in [5, 5.41) is 3.10. The number of anilines is 1. The molecular weight excluding hydrogens is 250 g/mol. The van der Waals surface area contributed by atoms with Crippen molar-refractivity contribution >= 4 is 23.2 Å². The molecule has 0 unspecified atom stereocenters. The van der Waals surface area contributed by atoms with E-state index in [1.807, 2.05) is 12.1 Å². The van der Waals surface area contributed by atoms with Crippen molar-refractivity contribution in [1.29, 1.82) is 0 Å². The van der Waals surface area contributed by atoms with Crippen LogP contribution in [0.5, 0.6) is 0 Å². The van der Waals surface area contributed by atoms with E-state index in [2.05, 4.69) is 10.3 Å². The average molecular weight is 262 g/mol. The summed E-state index contributed by atoms with van der Waals surface area (Å²) in [4.78, 5) is 15.9. The Balaban J connectivity index is 2.09. The Morgan fingerprint density at radius 3 is 2.83 bits per heavy atom. The van der Waals surface area contributed by atoms with E-state index in [0.29, 0.717) is 22.8 Å². The van der Waals surface area contributed by atoms with Gasteiger partial charge in [-0.2, -0.15) is 0 Å². The maximum atomic E-state index is 12.0. The summed E-state index contributed by atoms with van der Waals surface area (Å²) in [7, 11) is 0. The highest BCUT2D eigenvalue weighted by Crippen LogP contribution is 2.21. The highest BCUT2D eigenvalue weighted by Gasteiger charge is 2.13. The highest BCUT2D eigenvalue weighted by atomic mass is 35.5. The molecule has 0 aliphatic rings. The third-order valence-electron chi connectivity index (χ3n) is 2.45. The smallest absolute Gasteiger partial charge is 0.255 e. The van der Waals surface area contributed by atoms with E-state index in [1.165, 1.54) is 0 Å². The Bertz CT molecular complexity index is 537. The number of benzene rings is 1. The molecule has 2 aromatic rings. The number of amides is 1. The van der Waals surface area contributed by atoms with Crippen LogP contribution in [0.1, 0.15) is 15.9 Å². The number of nitrogens with zero attached hydrogens (tertiary/aromatic N) is 1. The van der Waals surface area contributed by atoms with Crippen molar-refractivity contribution < 1.29 is 4.79 Å². The molecule has 1 aromatic carbocycles. The molecule has 2 rings (SSSR count). The van der Waals surface area contributed by atoms with E-state index in [1.54, 1.807) is 30.6 Å². The van der Waals surface area contributed by atoms with Crippen LogP contribution in [0.4, 0.5) is 5.69 Å². The summed E-state index contributed by atoms with van der Waals surface area (Å²) in [6.45, 7) is 0.386. The van der Waals surface area contributed by atoms with Crippen LogP contribution in [0.25, 0.3) is 0 Å². The second kappa shape index (κ2) is 5.51. The molecule has 0 spiro atoms. The van der Waals surface area contributed by atoms with Crippen molar-refractivity contribution in [3.05, 3.63) is 58.9 Å². The fourth-order valence-electron chi connectivity index (χ4n) is 1.55. The van der Waals surface area contributed by atoms with Gasteiger partial charge in [0.25, 0.3) is 5.91 Å². The van der Waals surface area contributed by atoms with Gasteiger partial charge in [0, 0.05) is 24.6 Å². The van der Waals surface area contributed by atoms with Gasteiger partial charge in [-0.15, -0.1) is 0 Å². The molecule has 0 fully saturated rings. The van der Waals surface area contributed by atoms with Gasteiger partial charge in [0.2, 0.25) is 0 Å². The van der Waals surface area contributed by atoms with Gasteiger partial charge in [0.1, 0.15) is 0 Å². The number of pyridine rings is 1. The van der Waals surface area contributed by atoms with Crippen LogP contribution in [-0.4, -0.2) is 10.9 Å². The van der Waals surface area contributed by atoms with Gasteiger partial charge in [-0.05, 0) is 23.8 Å². The number of carbonyl (C=O) groups is 1. The summed E-state index contributed by atoms with van der Waals surface area (Å²) >= 11 is 5.95. The fourth-order valence-corrected chi connectivity index (χ4v) is 1.82. The summed E-state index contributed by atoms with van der Waals surface area (Å²) < 4.78 is 0. The van der Waals surface area contributed by atoms with Crippen LogP contribution in [0, 0.1) is 0 Å². The molecule has 0 saturated carbocycles. The molecule has 0 aliphatic carbocycles. The van der Waals surface area contributed by atoms with Crippen LogP contribution < -0.4 is 11.1 Å². The lowest BCUT2D eigenvalue weighted by molar-refractivity contribution is 0.0952. The zero-order valence-corrected chi connectivity index (χ0v) is 10.3. The first-order chi connectivity index (χ1) is 8.68. The minimum absolute atomic E-state index is 0.290. The first kappa shape index (κ1) is 12.4. The van der Waals surface area contributed by atoms with Crippen molar-refractivity contribution in [2.75, 3.05) is 5.73 Å². The van der Waals surface area contributed by atoms with E-state index in [9.17, 15) is 4.79 Å². The van der Waals surface area contributed by atoms with E-state index in [0.717, 1.165) is 5.56 Å². The van der Waals surface area contributed by atoms with Gasteiger partial charge in [-0.25, -0.2) is 0 Å². The summed E-state index contributed by atoms with van der Waals surface area (Å²) in [6, 6.07) is 8.67. The number of rotatable bonds is 3. The SMILES string of the molecule is Nc1cccc(Cl)c1C(=O)NCc1cccnc1. The summed E-state index contributed by atoms with van der Waals surface area (Å²) in [5.41, 5.74) is 7.32. The predicted molar refractivity (Wildman–Crippen MR) is 71.3 cm³/mol. The number of hydrogen-bond acceptors (Lipinski definition) is 3. The number of nitrogens with two attached hydrogens (primary N) is 1. The molecule has 4 nitrogen and oxygen atoms in total. The van der Waals surface area contributed by atoms with Crippen molar-refractivity contribution in [1.82, 2.24) is 10.3 Å². The van der Waals surface area contributed by atoms with Crippen molar-refractivity contribution in [2.45, 2.75) is 6.54 Å². The van der Waals surface area contributed by atoms with Gasteiger partial charge in [0.15, 0.2) is 0 Å². The third-order valence-corrected chi connectivity index (χ3v) is 2.76. The zero-order chi connectivity index (χ0) is 13.0. The van der Waals surface area contributed by atoms with Gasteiger partial charge < -0.3 is 11.1 Å². The molecular formula is C13H12ClN3O. The number of hydrogen-bond donors (Lipinski definition) is 2. The lowest BCUT2D eigenvalue weighted by Gasteiger charge is -2.08. The molecule has 0 saturated heterocycles. The van der Waals surface area contributed by atoms with Gasteiger partial charge >= 0.3 is 0 Å². The van der Waals surface area contributed by atoms with Crippen LogP contribution in [-0.2, 0) is 6.54 Å². The Morgan fingerprint density at radius 2 is 2.17 bits per heavy atom. The maximum absolute atomic E-state index is 12.0. The predicted octanol–water partition coefficient (Wildman–Crippen LogP) is 2.25. The number of halogens is 1. The van der Waals surface area contributed by atoms with Gasteiger partial charge in [-0.3, -0.25) is 9.78 Å². The number of carbonyl (C=O) groups excluding carboxylic acids is 1. The standard InChI is InChI=1S/C13H12ClN3O/c14-10-4-1-5-11(15)12(10)13(18)17-8-9-3-2-6-16-7-9/h1-7H,8,15H2,(H,17,18). The van der Waals surface area contributed by atoms with E-state index in [-0.39, 0.29) is 5.91 Å². The molecule has 1 aromatic heterocycles. The van der Waals surface area contributed by atoms with Crippen LogP contribution in [0.3, 0.4) is 0 Å². The molecule has 0 bridgehead atoms. The third kappa shape index (κ3) is 2.78. The number of aromatic nitrogens is 1. The molecule has 0 atom stereocenters. The molecule has 0 radical (unpaired) electrons. The Labute approximate surface area is 110 Å². The average Bonchev–Trinajstić information content (AvgIpc) is 2.37. The molecule has 5 heteroatoms. The zero-order valence-electron chi connectivity index (χ0n) is 9.56. The fraction of sp³-hybridized carbons (Fsp3) is 0.0769. The Morgan fingerprint density at radius 1 is 1.33 bits per heavy atom. The monoisotopic (exact) mass is 261 g/mol. The second-order valence-corrected chi connectivity index (χ2v) is 4.16. The van der Waals surface area contributed by atoms with E-state index >= 15 is 0 Å². The second-order valence-electron chi connectivity index (χ2n) is 3.75. The summed E-state index contributed by atoms with van der Waals surface area (Å²) in [5.74, 6) is -0.290. The first-order valence-corrected chi connectivity index (χ1v) is 5.77. The van der Waals surface area contributed by atoms with Crippen LogP contribution in [0.2, 0.25) is 5.02 Å². The van der Waals surface area contributed by atoms with Crippen LogP contribution in [0.15, 0.2) is 42.7 Å². The topological polar surface area (TPSA) is 68.0 Å². The molecule has 18 heavy (non-hydrogen) atoms. The normalized spacial score (nSPS) is 10.1. The first-order valence-electron chi connectivity index (χ1n) is 5.39. The van der Waals surface area contributed by atoms with Gasteiger partial charge in [0.05, 0.1) is 10.6 Å². The Hall–Kier alpha value is -2.07. The molecule has 92 valence electrons. The quantitative estimate of drug-likeness (QED) is 0.833. The highest BCUT2D eigenvalue weighted by molar-refractivity contribution is 6.34. The molecule has 3 N–H and O–H groups in total. The van der Waals surface area contributed by atoms with Crippen molar-refractivity contribution in [2.24, 2.45) is 0 Å². The lowest BCUT2D eigenvalue weighted by atomic mass is 10.1. The van der Waals surface area contributed by atoms with Gasteiger partial charge in [-0.1, -0.05) is 23.7 Å². The lowest BCUT2D eigenvalue weighted by Crippen LogP contribution is -2.24. The summed E-state index contributed by atoms with van der Waals surface area (Å²) in [6.07, 6.45) is 3.37. The largest absolute Gasteiger partial charge is 0.398 e. The number of nitrogens with one attached hydrogen (secondary N) is 1. The van der Waals surface area contributed by atoms with Crippen molar-refractivity contribution in [3.63, 3.8) is 0 Å². The van der Waals surface area contributed by atoms with E-state index < -0.39 is 0 Å². The Kier molecular flexibility index (Phi) is 3.79. The molecule has 1 amide bonds. The van der Waals surface area contributed by atoms with Crippen LogP contribution >= 0.6 is 11.6 Å². The minimum Gasteiger partial charge on any atom is -0.398 e. The van der Waals surface area contributed by atoms with Crippen molar-refractivity contribution in [3.8, 4) is 0 Å².